The Labute approximate surface area is 161 Å². The quantitative estimate of drug-likeness (QED) is 0.650. The van der Waals surface area contributed by atoms with Crippen LogP contribution >= 0.6 is 11.6 Å². The average molecular weight is 387 g/mol. The zero-order valence-electron chi connectivity index (χ0n) is 15.0. The number of hydrogen-bond acceptors (Lipinski definition) is 5. The van der Waals surface area contributed by atoms with E-state index in [4.69, 9.17) is 21.1 Å². The monoisotopic (exact) mass is 386 g/mol. The van der Waals surface area contributed by atoms with E-state index in [1.54, 1.807) is 30.3 Å². The van der Waals surface area contributed by atoms with Crippen LogP contribution in [-0.4, -0.2) is 22.0 Å². The van der Waals surface area contributed by atoms with Crippen LogP contribution < -0.4 is 5.56 Å². The molecule has 0 fully saturated rings. The van der Waals surface area contributed by atoms with Crippen LogP contribution in [0.1, 0.15) is 35.6 Å². The molecule has 2 aromatic carbocycles. The molecular formula is C20H19ClN2O4. The van der Waals surface area contributed by atoms with E-state index in [9.17, 15) is 9.59 Å². The van der Waals surface area contributed by atoms with Gasteiger partial charge in [-0.2, -0.15) is 0 Å². The maximum Gasteiger partial charge on any atom is 0.338 e. The zero-order chi connectivity index (χ0) is 19.4. The molecule has 0 amide bonds. The van der Waals surface area contributed by atoms with Gasteiger partial charge in [0.2, 0.25) is 0 Å². The van der Waals surface area contributed by atoms with Crippen LogP contribution in [0.3, 0.4) is 0 Å². The van der Waals surface area contributed by atoms with E-state index >= 15 is 0 Å². The number of hydrogen-bond donors (Lipinski definition) is 1. The predicted molar refractivity (Wildman–Crippen MR) is 103 cm³/mol. The molecule has 1 aromatic heterocycles. The third-order valence-electron chi connectivity index (χ3n) is 3.83. The molecule has 0 spiro atoms. The van der Waals surface area contributed by atoms with Gasteiger partial charge in [-0.1, -0.05) is 23.7 Å². The summed E-state index contributed by atoms with van der Waals surface area (Å²) in [5, 5.41) is 0.841. The van der Waals surface area contributed by atoms with E-state index in [0.29, 0.717) is 28.1 Å². The molecule has 0 radical (unpaired) electrons. The highest BCUT2D eigenvalue weighted by Crippen LogP contribution is 2.15. The minimum Gasteiger partial charge on any atom is -0.454 e. The fourth-order valence-electron chi connectivity index (χ4n) is 2.44. The van der Waals surface area contributed by atoms with E-state index in [0.717, 1.165) is 5.56 Å². The second-order valence-electron chi connectivity index (χ2n) is 6.31. The van der Waals surface area contributed by atoms with E-state index in [-0.39, 0.29) is 24.1 Å². The van der Waals surface area contributed by atoms with E-state index in [2.05, 4.69) is 9.97 Å². The number of nitrogens with zero attached hydrogens (tertiary/aromatic N) is 1. The largest absolute Gasteiger partial charge is 0.454 e. The molecule has 0 aliphatic heterocycles. The highest BCUT2D eigenvalue weighted by atomic mass is 35.5. The molecule has 7 heteroatoms. The molecular weight excluding hydrogens is 368 g/mol. The van der Waals surface area contributed by atoms with Gasteiger partial charge in [0.15, 0.2) is 0 Å². The standard InChI is InChI=1S/C20H19ClN2O4/c1-12(2)26-10-13-3-5-14(6-4-13)20(25)27-11-18-22-17-8-7-15(21)9-16(17)19(24)23-18/h3-9,12H,10-11H2,1-2H3,(H,22,23,24). The number of aromatic nitrogens is 2. The van der Waals surface area contributed by atoms with Gasteiger partial charge in [0.05, 0.1) is 29.2 Å². The third kappa shape index (κ3) is 4.93. The van der Waals surface area contributed by atoms with Crippen molar-refractivity contribution in [2.45, 2.75) is 33.2 Å². The number of carbonyl (C=O) groups excluding carboxylic acids is 1. The van der Waals surface area contributed by atoms with Gasteiger partial charge in [-0.3, -0.25) is 4.79 Å². The third-order valence-corrected chi connectivity index (χ3v) is 4.06. The van der Waals surface area contributed by atoms with Gasteiger partial charge in [0, 0.05) is 5.02 Å². The van der Waals surface area contributed by atoms with E-state index in [1.807, 2.05) is 26.0 Å². The lowest BCUT2D eigenvalue weighted by Crippen LogP contribution is -2.14. The first kappa shape index (κ1) is 19.1. The van der Waals surface area contributed by atoms with Crippen molar-refractivity contribution < 1.29 is 14.3 Å². The molecule has 0 bridgehead atoms. The number of ether oxygens (including phenoxy) is 2. The zero-order valence-corrected chi connectivity index (χ0v) is 15.7. The van der Waals surface area contributed by atoms with Crippen LogP contribution in [0, 0.1) is 0 Å². The minimum absolute atomic E-state index is 0.134. The Bertz CT molecular complexity index is 1010. The summed E-state index contributed by atoms with van der Waals surface area (Å²) in [4.78, 5) is 31.2. The Hall–Kier alpha value is -2.70. The Balaban J connectivity index is 1.66. The topological polar surface area (TPSA) is 81.3 Å². The van der Waals surface area contributed by atoms with Crippen molar-refractivity contribution in [2.24, 2.45) is 0 Å². The van der Waals surface area contributed by atoms with Gasteiger partial charge in [-0.05, 0) is 49.7 Å². The number of esters is 1. The number of rotatable bonds is 6. The number of halogens is 1. The lowest BCUT2D eigenvalue weighted by Gasteiger charge is -2.08. The Morgan fingerprint density at radius 1 is 1.15 bits per heavy atom. The van der Waals surface area contributed by atoms with Gasteiger partial charge in [0.25, 0.3) is 5.56 Å². The highest BCUT2D eigenvalue weighted by molar-refractivity contribution is 6.31. The van der Waals surface area contributed by atoms with Crippen molar-refractivity contribution in [1.82, 2.24) is 9.97 Å². The molecule has 27 heavy (non-hydrogen) atoms. The number of fused-ring (bicyclic) bond motifs is 1. The number of carbonyl (C=O) groups is 1. The molecule has 0 aliphatic carbocycles. The molecule has 140 valence electrons. The molecule has 0 unspecified atom stereocenters. The maximum atomic E-state index is 12.2. The van der Waals surface area contributed by atoms with Crippen LogP contribution in [0.5, 0.6) is 0 Å². The smallest absolute Gasteiger partial charge is 0.338 e. The normalized spacial score (nSPS) is 11.1. The summed E-state index contributed by atoms with van der Waals surface area (Å²) in [6, 6.07) is 11.8. The first-order valence-electron chi connectivity index (χ1n) is 8.48. The van der Waals surface area contributed by atoms with E-state index < -0.39 is 5.97 Å². The molecule has 0 aliphatic rings. The Kier molecular flexibility index (Phi) is 5.88. The maximum absolute atomic E-state index is 12.2. The lowest BCUT2D eigenvalue weighted by atomic mass is 10.1. The van der Waals surface area contributed by atoms with Crippen LogP contribution in [-0.2, 0) is 22.7 Å². The highest BCUT2D eigenvalue weighted by Gasteiger charge is 2.10. The van der Waals surface area contributed by atoms with Crippen molar-refractivity contribution in [3.63, 3.8) is 0 Å². The van der Waals surface area contributed by atoms with Gasteiger partial charge in [0.1, 0.15) is 12.4 Å². The summed E-state index contributed by atoms with van der Waals surface area (Å²) in [6.45, 7) is 4.28. The molecule has 3 aromatic rings. The molecule has 0 saturated heterocycles. The van der Waals surface area contributed by atoms with Crippen LogP contribution in [0.4, 0.5) is 0 Å². The molecule has 3 rings (SSSR count). The van der Waals surface area contributed by atoms with Crippen molar-refractivity contribution >= 4 is 28.5 Å². The average Bonchev–Trinajstić information content (AvgIpc) is 2.65. The number of nitrogens with one attached hydrogen (secondary N) is 1. The Morgan fingerprint density at radius 3 is 2.59 bits per heavy atom. The Morgan fingerprint density at radius 2 is 1.89 bits per heavy atom. The van der Waals surface area contributed by atoms with Gasteiger partial charge < -0.3 is 14.5 Å². The van der Waals surface area contributed by atoms with Crippen molar-refractivity contribution in [1.29, 1.82) is 0 Å². The van der Waals surface area contributed by atoms with Gasteiger partial charge in [-0.25, -0.2) is 9.78 Å². The summed E-state index contributed by atoms with van der Waals surface area (Å²) in [7, 11) is 0. The van der Waals surface area contributed by atoms with Gasteiger partial charge >= 0.3 is 5.97 Å². The molecule has 0 saturated carbocycles. The van der Waals surface area contributed by atoms with Crippen LogP contribution in [0.15, 0.2) is 47.3 Å². The first-order valence-corrected chi connectivity index (χ1v) is 8.86. The second kappa shape index (κ2) is 8.33. The van der Waals surface area contributed by atoms with Crippen molar-refractivity contribution in [3.8, 4) is 0 Å². The molecule has 1 N–H and O–H groups in total. The summed E-state index contributed by atoms with van der Waals surface area (Å²) in [5.74, 6) is -0.227. The molecule has 1 heterocycles. The van der Waals surface area contributed by atoms with Crippen molar-refractivity contribution in [2.75, 3.05) is 0 Å². The summed E-state index contributed by atoms with van der Waals surface area (Å²) in [5.41, 5.74) is 1.55. The van der Waals surface area contributed by atoms with Crippen LogP contribution in [0.25, 0.3) is 10.9 Å². The molecule has 0 atom stereocenters. The number of aromatic amines is 1. The number of benzene rings is 2. The van der Waals surface area contributed by atoms with Gasteiger partial charge in [-0.15, -0.1) is 0 Å². The SMILES string of the molecule is CC(C)OCc1ccc(C(=O)OCc2nc3ccc(Cl)cc3c(=O)[nH]2)cc1. The minimum atomic E-state index is -0.495. The number of H-pyrrole nitrogens is 1. The molecule has 6 nitrogen and oxygen atoms in total. The second-order valence-corrected chi connectivity index (χ2v) is 6.74. The summed E-state index contributed by atoms with van der Waals surface area (Å²) in [6.07, 6.45) is 0.141. The summed E-state index contributed by atoms with van der Waals surface area (Å²) >= 11 is 5.89. The predicted octanol–water partition coefficient (Wildman–Crippen LogP) is 3.86. The van der Waals surface area contributed by atoms with E-state index in [1.165, 1.54) is 0 Å². The fourth-order valence-corrected chi connectivity index (χ4v) is 2.62. The summed E-state index contributed by atoms with van der Waals surface area (Å²) < 4.78 is 10.8. The lowest BCUT2D eigenvalue weighted by molar-refractivity contribution is 0.0461. The fraction of sp³-hybridized carbons (Fsp3) is 0.250. The van der Waals surface area contributed by atoms with Crippen LogP contribution in [0.2, 0.25) is 5.02 Å². The van der Waals surface area contributed by atoms with Crippen molar-refractivity contribution in [3.05, 3.63) is 74.8 Å². The first-order chi connectivity index (χ1) is 12.9.